The smallest absolute Gasteiger partial charge is 0.214 e. The Morgan fingerprint density at radius 2 is 2.08 bits per heavy atom. The van der Waals surface area contributed by atoms with Gasteiger partial charge in [0.15, 0.2) is 0 Å². The van der Waals surface area contributed by atoms with Crippen LogP contribution >= 0.6 is 0 Å². The zero-order valence-electron chi connectivity index (χ0n) is 14.0. The van der Waals surface area contributed by atoms with E-state index in [1.54, 1.807) is 10.6 Å². The SMILES string of the molecule is CC1CN(S(=O)(=O)C[C@H]2C[C@@H](N(C)c3ncnc4[nH]ccc34)C2)C1. The number of hydrogen-bond donors (Lipinski definition) is 1. The Hall–Kier alpha value is -1.67. The summed E-state index contributed by atoms with van der Waals surface area (Å²) in [6, 6.07) is 2.32. The lowest BCUT2D eigenvalue weighted by Gasteiger charge is -2.43. The van der Waals surface area contributed by atoms with Gasteiger partial charge >= 0.3 is 0 Å². The van der Waals surface area contributed by atoms with Crippen molar-refractivity contribution in [2.24, 2.45) is 11.8 Å². The molecule has 0 spiro atoms. The highest BCUT2D eigenvalue weighted by atomic mass is 32.2. The molecule has 3 heterocycles. The molecule has 2 aromatic heterocycles. The molecule has 4 rings (SSSR count). The maximum Gasteiger partial charge on any atom is 0.214 e. The highest BCUT2D eigenvalue weighted by Crippen LogP contribution is 2.36. The Kier molecular flexibility index (Phi) is 3.76. The van der Waals surface area contributed by atoms with E-state index in [-0.39, 0.29) is 11.7 Å². The molecule has 8 heteroatoms. The summed E-state index contributed by atoms with van der Waals surface area (Å²) in [4.78, 5) is 13.9. The van der Waals surface area contributed by atoms with Crippen molar-refractivity contribution in [1.29, 1.82) is 0 Å². The van der Waals surface area contributed by atoms with Gasteiger partial charge in [0.1, 0.15) is 17.8 Å². The van der Waals surface area contributed by atoms with Crippen molar-refractivity contribution < 1.29 is 8.42 Å². The molecule has 130 valence electrons. The summed E-state index contributed by atoms with van der Waals surface area (Å²) in [5.74, 6) is 1.94. The van der Waals surface area contributed by atoms with E-state index in [1.165, 1.54) is 0 Å². The lowest BCUT2D eigenvalue weighted by Crippen LogP contribution is -2.52. The summed E-state index contributed by atoms with van der Waals surface area (Å²) in [6.45, 7) is 3.46. The molecule has 2 aliphatic rings. The Labute approximate surface area is 142 Å². The second-order valence-corrected chi connectivity index (χ2v) is 9.25. The van der Waals surface area contributed by atoms with Crippen LogP contribution in [0.2, 0.25) is 0 Å². The van der Waals surface area contributed by atoms with Crippen LogP contribution in [0, 0.1) is 11.8 Å². The van der Waals surface area contributed by atoms with Gasteiger partial charge in [-0.25, -0.2) is 22.7 Å². The zero-order chi connectivity index (χ0) is 16.9. The molecule has 2 fully saturated rings. The molecule has 2 aromatic rings. The minimum Gasteiger partial charge on any atom is -0.356 e. The van der Waals surface area contributed by atoms with Gasteiger partial charge in [-0.1, -0.05) is 6.92 Å². The van der Waals surface area contributed by atoms with Crippen molar-refractivity contribution in [2.45, 2.75) is 25.8 Å². The first-order chi connectivity index (χ1) is 11.4. The number of H-pyrrole nitrogens is 1. The molecule has 0 atom stereocenters. The molecule has 1 aliphatic carbocycles. The minimum absolute atomic E-state index is 0.252. The van der Waals surface area contributed by atoms with Crippen molar-refractivity contribution in [3.63, 3.8) is 0 Å². The van der Waals surface area contributed by atoms with Crippen LogP contribution in [0.1, 0.15) is 19.8 Å². The van der Waals surface area contributed by atoms with E-state index < -0.39 is 10.0 Å². The van der Waals surface area contributed by atoms with Crippen LogP contribution in [0.5, 0.6) is 0 Å². The van der Waals surface area contributed by atoms with E-state index in [9.17, 15) is 8.42 Å². The van der Waals surface area contributed by atoms with E-state index >= 15 is 0 Å². The van der Waals surface area contributed by atoms with Gasteiger partial charge in [-0.15, -0.1) is 0 Å². The molecule has 0 aromatic carbocycles. The fourth-order valence-electron chi connectivity index (χ4n) is 3.74. The number of aromatic amines is 1. The summed E-state index contributed by atoms with van der Waals surface area (Å²) >= 11 is 0. The molecule has 0 unspecified atom stereocenters. The third-order valence-corrected chi connectivity index (χ3v) is 7.27. The van der Waals surface area contributed by atoms with Crippen molar-refractivity contribution >= 4 is 26.9 Å². The van der Waals surface area contributed by atoms with Gasteiger partial charge in [0.05, 0.1) is 11.1 Å². The number of nitrogens with one attached hydrogen (secondary N) is 1. The molecule has 1 saturated carbocycles. The highest BCUT2D eigenvalue weighted by molar-refractivity contribution is 7.89. The average molecular weight is 349 g/mol. The van der Waals surface area contributed by atoms with Gasteiger partial charge in [-0.05, 0) is 30.7 Å². The molecule has 0 bridgehead atoms. The normalized spacial score (nSPS) is 25.4. The van der Waals surface area contributed by atoms with E-state index in [0.29, 0.717) is 25.0 Å². The van der Waals surface area contributed by atoms with Crippen LogP contribution in [0.4, 0.5) is 5.82 Å². The van der Waals surface area contributed by atoms with Crippen LogP contribution in [-0.4, -0.2) is 59.6 Å². The van der Waals surface area contributed by atoms with Crippen LogP contribution in [0.15, 0.2) is 18.6 Å². The number of rotatable bonds is 5. The average Bonchev–Trinajstić information content (AvgIpc) is 2.95. The number of fused-ring (bicyclic) bond motifs is 1. The van der Waals surface area contributed by atoms with Crippen molar-refractivity contribution in [3.8, 4) is 0 Å². The molecule has 1 aliphatic heterocycles. The van der Waals surface area contributed by atoms with Crippen LogP contribution in [0.25, 0.3) is 11.0 Å². The van der Waals surface area contributed by atoms with Crippen LogP contribution in [0.3, 0.4) is 0 Å². The molecular weight excluding hydrogens is 326 g/mol. The third kappa shape index (κ3) is 2.67. The molecule has 24 heavy (non-hydrogen) atoms. The molecule has 0 amide bonds. The first kappa shape index (κ1) is 15.8. The Morgan fingerprint density at radius 1 is 1.33 bits per heavy atom. The monoisotopic (exact) mass is 349 g/mol. The molecule has 1 saturated heterocycles. The topological polar surface area (TPSA) is 82.2 Å². The summed E-state index contributed by atoms with van der Waals surface area (Å²) < 4.78 is 26.3. The van der Waals surface area contributed by atoms with E-state index in [2.05, 4.69) is 26.8 Å². The fraction of sp³-hybridized carbons (Fsp3) is 0.625. The highest BCUT2D eigenvalue weighted by Gasteiger charge is 2.40. The predicted octanol–water partition coefficient (Wildman–Crippen LogP) is 1.45. The number of sulfonamides is 1. The zero-order valence-corrected chi connectivity index (χ0v) is 14.8. The number of hydrogen-bond acceptors (Lipinski definition) is 5. The van der Waals surface area contributed by atoms with Crippen molar-refractivity contribution in [1.82, 2.24) is 19.3 Å². The predicted molar refractivity (Wildman–Crippen MR) is 93.3 cm³/mol. The molecule has 1 N–H and O–H groups in total. The standard InChI is InChI=1S/C16H23N5O2S/c1-11-7-21(8-11)24(22,23)9-12-5-13(6-12)20(2)16-14-3-4-17-15(14)18-10-19-16/h3-4,10-13H,5-9H2,1-2H3,(H,17,18,19)/t12-,13+. The summed E-state index contributed by atoms with van der Waals surface area (Å²) in [7, 11) is -1.04. The van der Waals surface area contributed by atoms with Gasteiger partial charge in [0.25, 0.3) is 0 Å². The second-order valence-electron chi connectivity index (χ2n) is 7.24. The number of nitrogens with zero attached hydrogens (tertiary/aromatic N) is 4. The van der Waals surface area contributed by atoms with E-state index in [4.69, 9.17) is 0 Å². The maximum absolute atomic E-state index is 12.3. The number of aromatic nitrogens is 3. The molecule has 0 radical (unpaired) electrons. The first-order valence-corrected chi connectivity index (χ1v) is 10.0. The first-order valence-electron chi connectivity index (χ1n) is 8.43. The maximum atomic E-state index is 12.3. The Morgan fingerprint density at radius 3 is 2.79 bits per heavy atom. The molecule has 7 nitrogen and oxygen atoms in total. The summed E-state index contributed by atoms with van der Waals surface area (Å²) in [6.07, 6.45) is 5.22. The van der Waals surface area contributed by atoms with E-state index in [1.807, 2.05) is 19.3 Å². The Bertz CT molecular complexity index is 837. The minimum atomic E-state index is -3.07. The lowest BCUT2D eigenvalue weighted by molar-refractivity contribution is 0.211. The molecular formula is C16H23N5O2S. The largest absolute Gasteiger partial charge is 0.356 e. The van der Waals surface area contributed by atoms with Crippen LogP contribution < -0.4 is 4.90 Å². The lowest BCUT2D eigenvalue weighted by atomic mass is 9.81. The van der Waals surface area contributed by atoms with Gasteiger partial charge < -0.3 is 9.88 Å². The van der Waals surface area contributed by atoms with Crippen LogP contribution in [-0.2, 0) is 10.0 Å². The fourth-order valence-corrected chi connectivity index (χ4v) is 5.78. The second kappa shape index (κ2) is 5.70. The van der Waals surface area contributed by atoms with Crippen molar-refractivity contribution in [3.05, 3.63) is 18.6 Å². The third-order valence-electron chi connectivity index (χ3n) is 5.30. The summed E-state index contributed by atoms with van der Waals surface area (Å²) in [5, 5.41) is 1.01. The Balaban J connectivity index is 1.38. The van der Waals surface area contributed by atoms with Gasteiger partial charge in [0, 0.05) is 32.4 Å². The number of anilines is 1. The van der Waals surface area contributed by atoms with Gasteiger partial charge in [0.2, 0.25) is 10.0 Å². The van der Waals surface area contributed by atoms with Gasteiger partial charge in [-0.2, -0.15) is 0 Å². The summed E-state index contributed by atoms with van der Waals surface area (Å²) in [5.41, 5.74) is 0.831. The van der Waals surface area contributed by atoms with Crippen molar-refractivity contribution in [2.75, 3.05) is 30.8 Å². The van der Waals surface area contributed by atoms with E-state index in [0.717, 1.165) is 29.7 Å². The quantitative estimate of drug-likeness (QED) is 0.883. The van der Waals surface area contributed by atoms with Gasteiger partial charge in [-0.3, -0.25) is 0 Å².